The largest absolute Gasteiger partial charge is 0.382 e. The van der Waals surface area contributed by atoms with Gasteiger partial charge in [0.05, 0.1) is 70.6 Å². The topological polar surface area (TPSA) is 168 Å². The summed E-state index contributed by atoms with van der Waals surface area (Å²) in [6.07, 6.45) is 0.185. The normalized spacial score (nSPS) is 17.5. The number of piperidine rings is 1. The molecule has 36 heavy (non-hydrogen) atoms. The lowest BCUT2D eigenvalue weighted by atomic mass is 10.0. The first-order chi connectivity index (χ1) is 17.5. The van der Waals surface area contributed by atoms with Gasteiger partial charge < -0.3 is 29.1 Å². The molecule has 3 rings (SSSR count). The van der Waals surface area contributed by atoms with E-state index in [1.807, 2.05) is 0 Å². The van der Waals surface area contributed by atoms with Crippen LogP contribution in [0.4, 0.5) is 5.69 Å². The number of amides is 4. The van der Waals surface area contributed by atoms with Gasteiger partial charge in [-0.2, -0.15) is 0 Å². The zero-order valence-corrected chi connectivity index (χ0v) is 20.0. The summed E-state index contributed by atoms with van der Waals surface area (Å²) in [5, 5.41) is 5.30. The minimum absolute atomic E-state index is 0.0732. The summed E-state index contributed by atoms with van der Waals surface area (Å²) in [5.74, 6) is 2.73. The number of imide groups is 2. The summed E-state index contributed by atoms with van der Waals surface area (Å²) in [7, 11) is 0. The van der Waals surface area contributed by atoms with Gasteiger partial charge in [0.1, 0.15) is 6.04 Å². The summed E-state index contributed by atoms with van der Waals surface area (Å²) < 4.78 is 21.5. The highest BCUT2D eigenvalue weighted by Crippen LogP contribution is 2.32. The molecule has 0 saturated carbocycles. The van der Waals surface area contributed by atoms with Crippen LogP contribution in [0.15, 0.2) is 18.2 Å². The van der Waals surface area contributed by atoms with E-state index in [9.17, 15) is 19.2 Å². The highest BCUT2D eigenvalue weighted by atomic mass is 16.6. The Labute approximate surface area is 208 Å². The van der Waals surface area contributed by atoms with Crippen LogP contribution in [0.25, 0.3) is 0 Å². The van der Waals surface area contributed by atoms with Crippen LogP contribution < -0.4 is 16.5 Å². The molecule has 198 valence electrons. The van der Waals surface area contributed by atoms with E-state index >= 15 is 0 Å². The van der Waals surface area contributed by atoms with Gasteiger partial charge in [-0.3, -0.25) is 29.4 Å². The number of hydrogen-bond acceptors (Lipinski definition) is 11. The lowest BCUT2D eigenvalue weighted by Gasteiger charge is -2.27. The molecule has 1 aromatic rings. The molecule has 0 aromatic heterocycles. The van der Waals surface area contributed by atoms with Crippen LogP contribution in [0, 0.1) is 0 Å². The minimum Gasteiger partial charge on any atom is -0.382 e. The number of fused-ring (bicyclic) bond motifs is 1. The number of hydrogen-bond donors (Lipinski definition) is 3. The van der Waals surface area contributed by atoms with Crippen molar-refractivity contribution in [3.63, 3.8) is 0 Å². The number of rotatable bonds is 17. The summed E-state index contributed by atoms with van der Waals surface area (Å²) in [5.41, 5.74) is 0.924. The molecule has 2 heterocycles. The molecule has 4 N–H and O–H groups in total. The number of anilines is 1. The van der Waals surface area contributed by atoms with E-state index in [1.54, 1.807) is 18.2 Å². The average Bonchev–Trinajstić information content (AvgIpc) is 3.12. The fraction of sp³-hybridized carbons (Fsp3) is 0.565. The molecule has 0 spiro atoms. The Morgan fingerprint density at radius 1 is 0.861 bits per heavy atom. The Hall–Kier alpha value is -2.94. The maximum Gasteiger partial charge on any atom is 0.264 e. The molecule has 1 aromatic carbocycles. The number of nitrogens with zero attached hydrogens (tertiary/aromatic N) is 1. The van der Waals surface area contributed by atoms with E-state index in [1.165, 1.54) is 0 Å². The molecule has 2 aliphatic heterocycles. The Morgan fingerprint density at radius 2 is 1.47 bits per heavy atom. The SMILES string of the molecule is NOCCOCCOCCOCCOCCNc1cccc2c1C(=O)N(C1CCC(=O)NC1=O)C2=O. The van der Waals surface area contributed by atoms with Crippen LogP contribution in [-0.2, 0) is 33.4 Å². The van der Waals surface area contributed by atoms with Crippen molar-refractivity contribution in [1.82, 2.24) is 10.2 Å². The fourth-order valence-corrected chi connectivity index (χ4v) is 3.79. The second-order valence-electron chi connectivity index (χ2n) is 7.92. The van der Waals surface area contributed by atoms with Crippen molar-refractivity contribution in [2.24, 2.45) is 5.90 Å². The zero-order chi connectivity index (χ0) is 25.8. The van der Waals surface area contributed by atoms with E-state index in [0.29, 0.717) is 71.7 Å². The highest BCUT2D eigenvalue weighted by Gasteiger charge is 2.45. The monoisotopic (exact) mass is 508 g/mol. The molecule has 1 saturated heterocycles. The number of nitrogens with two attached hydrogens (primary N) is 1. The second-order valence-corrected chi connectivity index (χ2v) is 7.92. The van der Waals surface area contributed by atoms with Crippen molar-refractivity contribution in [3.05, 3.63) is 29.3 Å². The van der Waals surface area contributed by atoms with Crippen molar-refractivity contribution >= 4 is 29.3 Å². The van der Waals surface area contributed by atoms with Gasteiger partial charge in [-0.05, 0) is 18.6 Å². The van der Waals surface area contributed by atoms with Gasteiger partial charge in [0.2, 0.25) is 11.8 Å². The van der Waals surface area contributed by atoms with E-state index in [2.05, 4.69) is 15.5 Å². The van der Waals surface area contributed by atoms with Gasteiger partial charge in [-0.25, -0.2) is 5.90 Å². The maximum absolute atomic E-state index is 13.0. The van der Waals surface area contributed by atoms with Gasteiger partial charge in [-0.1, -0.05) is 6.07 Å². The molecule has 1 unspecified atom stereocenters. The van der Waals surface area contributed by atoms with Crippen LogP contribution in [0.1, 0.15) is 33.6 Å². The number of carbonyl (C=O) groups is 4. The van der Waals surface area contributed by atoms with Crippen molar-refractivity contribution in [3.8, 4) is 0 Å². The lowest BCUT2D eigenvalue weighted by Crippen LogP contribution is -2.54. The first kappa shape index (κ1) is 27.6. The zero-order valence-electron chi connectivity index (χ0n) is 20.0. The number of benzene rings is 1. The quantitative estimate of drug-likeness (QED) is 0.140. The lowest BCUT2D eigenvalue weighted by molar-refractivity contribution is -0.136. The van der Waals surface area contributed by atoms with Gasteiger partial charge >= 0.3 is 0 Å². The minimum atomic E-state index is -0.999. The van der Waals surface area contributed by atoms with Crippen LogP contribution in [0.2, 0.25) is 0 Å². The van der Waals surface area contributed by atoms with E-state index in [4.69, 9.17) is 24.8 Å². The van der Waals surface area contributed by atoms with Crippen molar-refractivity contribution in [2.75, 3.05) is 71.3 Å². The molecule has 4 amide bonds. The number of ether oxygens (including phenoxy) is 4. The molecular weight excluding hydrogens is 476 g/mol. The molecule has 2 aliphatic rings. The maximum atomic E-state index is 13.0. The van der Waals surface area contributed by atoms with Crippen molar-refractivity contribution in [1.29, 1.82) is 0 Å². The predicted octanol–water partition coefficient (Wildman–Crippen LogP) is -0.544. The Morgan fingerprint density at radius 3 is 2.08 bits per heavy atom. The Kier molecular flexibility index (Phi) is 11.2. The number of carbonyl (C=O) groups excluding carboxylic acids is 4. The fourth-order valence-electron chi connectivity index (χ4n) is 3.79. The van der Waals surface area contributed by atoms with Crippen LogP contribution in [0.3, 0.4) is 0 Å². The molecule has 0 aliphatic carbocycles. The molecule has 1 atom stereocenters. The van der Waals surface area contributed by atoms with Crippen molar-refractivity contribution < 1.29 is 43.0 Å². The number of nitrogens with one attached hydrogen (secondary N) is 2. The van der Waals surface area contributed by atoms with Crippen LogP contribution in [-0.4, -0.2) is 101 Å². The highest BCUT2D eigenvalue weighted by molar-refractivity contribution is 6.25. The molecule has 0 bridgehead atoms. The third kappa shape index (κ3) is 7.53. The first-order valence-electron chi connectivity index (χ1n) is 11.8. The van der Waals surface area contributed by atoms with E-state index in [0.717, 1.165) is 4.90 Å². The first-order valence-corrected chi connectivity index (χ1v) is 11.8. The average molecular weight is 509 g/mol. The van der Waals surface area contributed by atoms with Crippen LogP contribution >= 0.6 is 0 Å². The van der Waals surface area contributed by atoms with Crippen LogP contribution in [0.5, 0.6) is 0 Å². The summed E-state index contributed by atoms with van der Waals surface area (Å²) in [6.45, 7) is 4.10. The van der Waals surface area contributed by atoms with Gasteiger partial charge in [0.25, 0.3) is 11.8 Å². The smallest absolute Gasteiger partial charge is 0.264 e. The van der Waals surface area contributed by atoms with E-state index in [-0.39, 0.29) is 24.0 Å². The molecule has 13 heteroatoms. The molecule has 1 fully saturated rings. The summed E-state index contributed by atoms with van der Waals surface area (Å²) in [4.78, 5) is 54.8. The Balaban J connectivity index is 1.32. The molecule has 0 radical (unpaired) electrons. The van der Waals surface area contributed by atoms with E-state index < -0.39 is 29.7 Å². The second kappa shape index (κ2) is 14.6. The molecule has 13 nitrogen and oxygen atoms in total. The van der Waals surface area contributed by atoms with Gasteiger partial charge in [-0.15, -0.1) is 0 Å². The summed E-state index contributed by atoms with van der Waals surface area (Å²) in [6, 6.07) is 3.91. The predicted molar refractivity (Wildman–Crippen MR) is 125 cm³/mol. The van der Waals surface area contributed by atoms with Gasteiger partial charge in [0.15, 0.2) is 0 Å². The standard InChI is InChI=1S/C23H32N4O9/c24-36-15-14-35-13-12-34-11-10-33-9-8-32-7-6-25-17-3-1-2-16-20(17)23(31)27(22(16)30)18-4-5-19(28)26-21(18)29/h1-3,18,25H,4-15,24H2,(H,26,28,29). The van der Waals surface area contributed by atoms with Crippen molar-refractivity contribution in [2.45, 2.75) is 18.9 Å². The third-order valence-corrected chi connectivity index (χ3v) is 5.49. The Bertz CT molecular complexity index is 927. The third-order valence-electron chi connectivity index (χ3n) is 5.49. The summed E-state index contributed by atoms with van der Waals surface area (Å²) >= 11 is 0. The van der Waals surface area contributed by atoms with Gasteiger partial charge in [0, 0.05) is 18.7 Å². The molecular formula is C23H32N4O9.